The summed E-state index contributed by atoms with van der Waals surface area (Å²) in [5.74, 6) is 0.630. The lowest BCUT2D eigenvalue weighted by Gasteiger charge is -2.43. The maximum Gasteiger partial charge on any atom is 0.218 e. The number of nitrogens with zero attached hydrogens (tertiary/aromatic N) is 2. The van der Waals surface area contributed by atoms with Gasteiger partial charge in [-0.3, -0.25) is 4.90 Å². The topological polar surface area (TPSA) is 74.8 Å². The van der Waals surface area contributed by atoms with E-state index in [1.54, 1.807) is 12.1 Å². The van der Waals surface area contributed by atoms with Crippen molar-refractivity contribution in [1.29, 1.82) is 0 Å². The predicted molar refractivity (Wildman–Crippen MR) is 96.3 cm³/mol. The number of hydrogen-bond donors (Lipinski definition) is 0. The second kappa shape index (κ2) is 6.33. The first-order chi connectivity index (χ1) is 11.8. The van der Waals surface area contributed by atoms with E-state index in [1.807, 2.05) is 18.2 Å². The van der Waals surface area contributed by atoms with Gasteiger partial charge in [-0.1, -0.05) is 30.3 Å². The van der Waals surface area contributed by atoms with Crippen LogP contribution in [0, 0.1) is 5.92 Å². The van der Waals surface area contributed by atoms with Gasteiger partial charge >= 0.3 is 0 Å². The van der Waals surface area contributed by atoms with Crippen molar-refractivity contribution in [3.63, 3.8) is 0 Å². The van der Waals surface area contributed by atoms with Crippen molar-refractivity contribution in [2.24, 2.45) is 5.92 Å². The van der Waals surface area contributed by atoms with E-state index in [0.717, 1.165) is 12.1 Å². The molecule has 8 heteroatoms. The first kappa shape index (κ1) is 17.5. The summed E-state index contributed by atoms with van der Waals surface area (Å²) >= 11 is 0. The fraction of sp³-hybridized carbons (Fsp3) is 0.647. The molecule has 0 unspecified atom stereocenters. The van der Waals surface area contributed by atoms with Gasteiger partial charge in [0, 0.05) is 25.7 Å². The van der Waals surface area contributed by atoms with Crippen molar-refractivity contribution in [2.75, 3.05) is 31.1 Å². The fourth-order valence-corrected chi connectivity index (χ4v) is 7.94. The van der Waals surface area contributed by atoms with Crippen LogP contribution in [0.25, 0.3) is 0 Å². The van der Waals surface area contributed by atoms with E-state index in [4.69, 9.17) is 0 Å². The summed E-state index contributed by atoms with van der Waals surface area (Å²) in [6.45, 7) is 1.92. The second-order valence-electron chi connectivity index (χ2n) is 7.50. The number of rotatable bonds is 5. The molecule has 4 rings (SSSR count). The smallest absolute Gasteiger partial charge is 0.218 e. The molecule has 1 saturated carbocycles. The van der Waals surface area contributed by atoms with Gasteiger partial charge in [-0.05, 0) is 24.3 Å². The van der Waals surface area contributed by atoms with Gasteiger partial charge in [0.15, 0.2) is 9.84 Å². The van der Waals surface area contributed by atoms with E-state index in [0.29, 0.717) is 19.0 Å². The van der Waals surface area contributed by atoms with Gasteiger partial charge in [0.1, 0.15) is 0 Å². The summed E-state index contributed by atoms with van der Waals surface area (Å²) in [6.07, 6.45) is 2.41. The minimum absolute atomic E-state index is 0.0488. The minimum atomic E-state index is -3.53. The standard InChI is InChI=1S/C17H24N2O4S2/c20-24(21)12-16-17(13-24)19(9-8-18(16)10-14-6-7-14)25(22,23)11-15-4-2-1-3-5-15/h1-5,14,16-17H,6-13H2/t16-,17+/m1/s1. The third kappa shape index (κ3) is 3.77. The normalized spacial score (nSPS) is 30.2. The van der Waals surface area contributed by atoms with E-state index in [2.05, 4.69) is 4.90 Å². The molecule has 1 aromatic rings. The van der Waals surface area contributed by atoms with Gasteiger partial charge in [-0.25, -0.2) is 16.8 Å². The Hall–Kier alpha value is -0.960. The summed E-state index contributed by atoms with van der Waals surface area (Å²) in [5, 5.41) is 0. The molecule has 6 nitrogen and oxygen atoms in total. The van der Waals surface area contributed by atoms with Crippen molar-refractivity contribution in [3.05, 3.63) is 35.9 Å². The summed E-state index contributed by atoms with van der Waals surface area (Å²) in [6, 6.07) is 8.46. The number of hydrogen-bond acceptors (Lipinski definition) is 5. The Bertz CT molecular complexity index is 835. The summed E-state index contributed by atoms with van der Waals surface area (Å²) in [4.78, 5) is 2.22. The zero-order valence-electron chi connectivity index (χ0n) is 14.1. The lowest BCUT2D eigenvalue weighted by atomic mass is 10.1. The summed E-state index contributed by atoms with van der Waals surface area (Å²) < 4.78 is 51.8. The molecule has 0 radical (unpaired) electrons. The third-order valence-corrected chi connectivity index (χ3v) is 9.04. The van der Waals surface area contributed by atoms with E-state index >= 15 is 0 Å². The Morgan fingerprint density at radius 3 is 2.36 bits per heavy atom. The molecule has 3 fully saturated rings. The van der Waals surface area contributed by atoms with Crippen LogP contribution < -0.4 is 0 Å². The van der Waals surface area contributed by atoms with Gasteiger partial charge < -0.3 is 0 Å². The molecule has 2 aliphatic heterocycles. The maximum absolute atomic E-state index is 13.0. The van der Waals surface area contributed by atoms with Crippen LogP contribution in [0.3, 0.4) is 0 Å². The third-order valence-electron chi connectivity index (χ3n) is 5.48. The molecule has 0 N–H and O–H groups in total. The molecule has 0 amide bonds. The average Bonchev–Trinajstić information content (AvgIpc) is 3.28. The summed E-state index contributed by atoms with van der Waals surface area (Å²) in [7, 11) is -6.73. The monoisotopic (exact) mass is 384 g/mol. The zero-order valence-corrected chi connectivity index (χ0v) is 15.8. The molecule has 0 bridgehead atoms. The molecular weight excluding hydrogens is 360 g/mol. The first-order valence-electron chi connectivity index (χ1n) is 8.82. The molecule has 2 saturated heterocycles. The van der Waals surface area contributed by atoms with Crippen LogP contribution in [-0.2, 0) is 25.6 Å². The Labute approximate surface area is 149 Å². The van der Waals surface area contributed by atoms with Gasteiger partial charge in [0.05, 0.1) is 23.3 Å². The average molecular weight is 385 g/mol. The fourth-order valence-electron chi connectivity index (χ4n) is 4.06. The van der Waals surface area contributed by atoms with E-state index in [1.165, 1.54) is 17.1 Å². The predicted octanol–water partition coefficient (Wildman–Crippen LogP) is 0.710. The zero-order chi connectivity index (χ0) is 17.7. The lowest BCUT2D eigenvalue weighted by molar-refractivity contribution is 0.0912. The number of benzene rings is 1. The van der Waals surface area contributed by atoms with Crippen LogP contribution in [0.1, 0.15) is 18.4 Å². The van der Waals surface area contributed by atoms with Crippen LogP contribution in [0.4, 0.5) is 0 Å². The molecule has 2 atom stereocenters. The Balaban J connectivity index is 1.57. The molecule has 3 aliphatic rings. The SMILES string of the molecule is O=S1(=O)C[C@@H]2[C@H](C1)N(S(=O)(=O)Cc1ccccc1)CCN2CC1CC1. The highest BCUT2D eigenvalue weighted by Gasteiger charge is 2.50. The van der Waals surface area contributed by atoms with Crippen molar-refractivity contribution in [2.45, 2.75) is 30.7 Å². The van der Waals surface area contributed by atoms with E-state index < -0.39 is 25.9 Å². The highest BCUT2D eigenvalue weighted by Crippen LogP contribution is 2.35. The van der Waals surface area contributed by atoms with Crippen LogP contribution in [0.5, 0.6) is 0 Å². The van der Waals surface area contributed by atoms with Crippen LogP contribution >= 0.6 is 0 Å². The van der Waals surface area contributed by atoms with Gasteiger partial charge in [0.25, 0.3) is 0 Å². The van der Waals surface area contributed by atoms with Crippen LogP contribution in [-0.4, -0.2) is 69.3 Å². The lowest BCUT2D eigenvalue weighted by Crippen LogP contribution is -2.60. The van der Waals surface area contributed by atoms with Crippen molar-refractivity contribution in [1.82, 2.24) is 9.21 Å². The number of sulfonamides is 1. The maximum atomic E-state index is 13.0. The quantitative estimate of drug-likeness (QED) is 0.747. The molecule has 138 valence electrons. The van der Waals surface area contributed by atoms with Crippen molar-refractivity contribution >= 4 is 19.9 Å². The number of piperazine rings is 1. The number of fused-ring (bicyclic) bond motifs is 1. The molecule has 25 heavy (non-hydrogen) atoms. The molecule has 1 aliphatic carbocycles. The largest absolute Gasteiger partial charge is 0.296 e. The van der Waals surface area contributed by atoms with Gasteiger partial charge in [-0.15, -0.1) is 0 Å². The van der Waals surface area contributed by atoms with Crippen LogP contribution in [0.15, 0.2) is 30.3 Å². The number of sulfone groups is 1. The molecular formula is C17H24N2O4S2. The summed E-state index contributed by atoms with van der Waals surface area (Å²) in [5.41, 5.74) is 0.736. The minimum Gasteiger partial charge on any atom is -0.296 e. The van der Waals surface area contributed by atoms with Gasteiger partial charge in [0.2, 0.25) is 10.0 Å². The molecule has 1 aromatic carbocycles. The molecule has 2 heterocycles. The van der Waals surface area contributed by atoms with E-state index in [9.17, 15) is 16.8 Å². The Kier molecular flexibility index (Phi) is 4.42. The second-order valence-corrected chi connectivity index (χ2v) is 11.6. The van der Waals surface area contributed by atoms with Crippen molar-refractivity contribution in [3.8, 4) is 0 Å². The van der Waals surface area contributed by atoms with Crippen LogP contribution in [0.2, 0.25) is 0 Å². The van der Waals surface area contributed by atoms with E-state index in [-0.39, 0.29) is 23.3 Å². The Morgan fingerprint density at radius 2 is 1.68 bits per heavy atom. The van der Waals surface area contributed by atoms with Gasteiger partial charge in [-0.2, -0.15) is 4.31 Å². The highest BCUT2D eigenvalue weighted by molar-refractivity contribution is 7.92. The molecule has 0 spiro atoms. The van der Waals surface area contributed by atoms with Crippen molar-refractivity contribution < 1.29 is 16.8 Å². The molecule has 0 aromatic heterocycles. The highest BCUT2D eigenvalue weighted by atomic mass is 32.2. The Morgan fingerprint density at radius 1 is 1.00 bits per heavy atom. The first-order valence-corrected chi connectivity index (χ1v) is 12.2.